The van der Waals surface area contributed by atoms with Crippen LogP contribution in [-0.4, -0.2) is 35.4 Å². The Morgan fingerprint density at radius 2 is 1.90 bits per heavy atom. The van der Waals surface area contributed by atoms with Crippen LogP contribution in [-0.2, 0) is 16.1 Å². The number of hydrogen-bond donors (Lipinski definition) is 1. The van der Waals surface area contributed by atoms with Crippen LogP contribution in [0.5, 0.6) is 5.75 Å². The molecular formula is C23H26BrClN2O3. The number of nitrogens with one attached hydrogen (secondary N) is 1. The van der Waals surface area contributed by atoms with Crippen LogP contribution in [0.2, 0.25) is 5.02 Å². The smallest absolute Gasteiger partial charge is 0.261 e. The van der Waals surface area contributed by atoms with E-state index in [1.165, 1.54) is 0 Å². The Hall–Kier alpha value is -2.05. The maximum atomic E-state index is 13.0. The number of ether oxygens (including phenoxy) is 1. The van der Waals surface area contributed by atoms with Gasteiger partial charge in [-0.05, 0) is 61.7 Å². The quantitative estimate of drug-likeness (QED) is 0.566. The van der Waals surface area contributed by atoms with E-state index in [0.717, 1.165) is 35.7 Å². The van der Waals surface area contributed by atoms with Crippen molar-refractivity contribution in [3.05, 3.63) is 63.6 Å². The molecule has 1 atom stereocenters. The minimum absolute atomic E-state index is 0.128. The maximum absolute atomic E-state index is 13.0. The fourth-order valence-corrected chi connectivity index (χ4v) is 4.14. The fraction of sp³-hybridized carbons (Fsp3) is 0.391. The van der Waals surface area contributed by atoms with E-state index in [9.17, 15) is 9.59 Å². The van der Waals surface area contributed by atoms with Gasteiger partial charge >= 0.3 is 0 Å². The molecule has 0 unspecified atom stereocenters. The molecule has 7 heteroatoms. The molecule has 160 valence electrons. The third-order valence-corrected chi connectivity index (χ3v) is 6.03. The molecule has 0 radical (unpaired) electrons. The third-order valence-electron chi connectivity index (χ3n) is 5.29. The van der Waals surface area contributed by atoms with E-state index >= 15 is 0 Å². The highest BCUT2D eigenvalue weighted by Crippen LogP contribution is 2.20. The summed E-state index contributed by atoms with van der Waals surface area (Å²) in [4.78, 5) is 27.5. The van der Waals surface area contributed by atoms with Crippen molar-refractivity contribution in [3.8, 4) is 5.75 Å². The lowest BCUT2D eigenvalue weighted by molar-refractivity contribution is -0.142. The second kappa shape index (κ2) is 10.8. The Bertz CT molecular complexity index is 869. The Labute approximate surface area is 190 Å². The molecule has 30 heavy (non-hydrogen) atoms. The van der Waals surface area contributed by atoms with Gasteiger partial charge in [-0.2, -0.15) is 0 Å². The van der Waals surface area contributed by atoms with E-state index in [1.807, 2.05) is 24.3 Å². The Balaban J connectivity index is 1.70. The van der Waals surface area contributed by atoms with Crippen molar-refractivity contribution in [2.24, 2.45) is 0 Å². The van der Waals surface area contributed by atoms with Crippen molar-refractivity contribution in [3.63, 3.8) is 0 Å². The minimum Gasteiger partial charge on any atom is -0.484 e. The molecule has 0 heterocycles. The molecule has 0 spiro atoms. The fourth-order valence-electron chi connectivity index (χ4n) is 3.57. The highest BCUT2D eigenvalue weighted by molar-refractivity contribution is 9.10. The second-order valence-corrected chi connectivity index (χ2v) is 8.91. The largest absolute Gasteiger partial charge is 0.484 e. The highest BCUT2D eigenvalue weighted by Gasteiger charge is 2.28. The molecule has 5 nitrogen and oxygen atoms in total. The van der Waals surface area contributed by atoms with Gasteiger partial charge in [0.05, 0.1) is 0 Å². The molecule has 3 rings (SSSR count). The van der Waals surface area contributed by atoms with Gasteiger partial charge in [0.2, 0.25) is 5.91 Å². The van der Waals surface area contributed by atoms with Gasteiger partial charge in [-0.1, -0.05) is 52.5 Å². The summed E-state index contributed by atoms with van der Waals surface area (Å²) >= 11 is 9.36. The summed E-state index contributed by atoms with van der Waals surface area (Å²) in [6.45, 7) is 1.93. The summed E-state index contributed by atoms with van der Waals surface area (Å²) < 4.78 is 6.56. The van der Waals surface area contributed by atoms with Crippen molar-refractivity contribution in [2.75, 3.05) is 6.61 Å². The minimum atomic E-state index is -0.606. The Kier molecular flexibility index (Phi) is 8.16. The first-order valence-electron chi connectivity index (χ1n) is 10.1. The van der Waals surface area contributed by atoms with Crippen molar-refractivity contribution in [2.45, 2.75) is 51.2 Å². The lowest BCUT2D eigenvalue weighted by Gasteiger charge is -2.29. The van der Waals surface area contributed by atoms with Gasteiger partial charge in [-0.3, -0.25) is 9.59 Å². The van der Waals surface area contributed by atoms with E-state index in [-0.39, 0.29) is 24.5 Å². The summed E-state index contributed by atoms with van der Waals surface area (Å²) in [6, 6.07) is 14.2. The number of benzene rings is 2. The molecule has 0 saturated heterocycles. The third kappa shape index (κ3) is 6.47. The van der Waals surface area contributed by atoms with E-state index in [4.69, 9.17) is 16.3 Å². The lowest BCUT2D eigenvalue weighted by atomic mass is 10.1. The number of amides is 2. The SMILES string of the molecule is C[C@@H](C(=O)NC1CCCC1)N(Cc1cccc(Br)c1)C(=O)COc1ccc(Cl)cc1. The summed E-state index contributed by atoms with van der Waals surface area (Å²) in [5.74, 6) is 0.175. The molecule has 0 aliphatic heterocycles. The molecule has 1 N–H and O–H groups in total. The summed E-state index contributed by atoms with van der Waals surface area (Å²) in [6.07, 6.45) is 4.26. The van der Waals surface area contributed by atoms with Crippen molar-refractivity contribution in [1.29, 1.82) is 0 Å². The second-order valence-electron chi connectivity index (χ2n) is 7.56. The molecule has 1 fully saturated rings. The van der Waals surface area contributed by atoms with Gasteiger partial charge in [0.25, 0.3) is 5.91 Å². The first kappa shape index (κ1) is 22.6. The molecule has 2 aromatic carbocycles. The average molecular weight is 494 g/mol. The zero-order valence-electron chi connectivity index (χ0n) is 16.9. The van der Waals surface area contributed by atoms with Crippen LogP contribution in [0.1, 0.15) is 38.2 Å². The zero-order valence-corrected chi connectivity index (χ0v) is 19.3. The van der Waals surface area contributed by atoms with Crippen molar-refractivity contribution in [1.82, 2.24) is 10.2 Å². The average Bonchev–Trinajstić information content (AvgIpc) is 3.24. The van der Waals surface area contributed by atoms with Crippen molar-refractivity contribution >= 4 is 39.3 Å². The van der Waals surface area contributed by atoms with Crippen LogP contribution in [0, 0.1) is 0 Å². The van der Waals surface area contributed by atoms with Crippen LogP contribution >= 0.6 is 27.5 Å². The highest BCUT2D eigenvalue weighted by atomic mass is 79.9. The number of rotatable bonds is 8. The van der Waals surface area contributed by atoms with E-state index in [0.29, 0.717) is 17.3 Å². The topological polar surface area (TPSA) is 58.6 Å². The number of halogens is 2. The maximum Gasteiger partial charge on any atom is 0.261 e. The first-order chi connectivity index (χ1) is 14.4. The van der Waals surface area contributed by atoms with Crippen LogP contribution in [0.4, 0.5) is 0 Å². The Morgan fingerprint density at radius 3 is 2.57 bits per heavy atom. The van der Waals surface area contributed by atoms with Crippen LogP contribution < -0.4 is 10.1 Å². The van der Waals surface area contributed by atoms with E-state index in [2.05, 4.69) is 21.2 Å². The number of nitrogens with zero attached hydrogens (tertiary/aromatic N) is 1. The van der Waals surface area contributed by atoms with Crippen LogP contribution in [0.15, 0.2) is 53.0 Å². The summed E-state index contributed by atoms with van der Waals surface area (Å²) in [5.41, 5.74) is 0.935. The van der Waals surface area contributed by atoms with Crippen LogP contribution in [0.3, 0.4) is 0 Å². The number of carbonyl (C=O) groups is 2. The summed E-state index contributed by atoms with van der Waals surface area (Å²) in [7, 11) is 0. The van der Waals surface area contributed by atoms with Gasteiger partial charge in [-0.15, -0.1) is 0 Å². The molecule has 1 saturated carbocycles. The van der Waals surface area contributed by atoms with Gasteiger partial charge in [-0.25, -0.2) is 0 Å². The first-order valence-corrected chi connectivity index (χ1v) is 11.3. The standard InChI is InChI=1S/C23H26BrClN2O3/c1-16(23(29)26-20-7-2-3-8-20)27(14-17-5-4-6-18(24)13-17)22(28)15-30-21-11-9-19(25)10-12-21/h4-6,9-13,16,20H,2-3,7-8,14-15H2,1H3,(H,26,29)/t16-/m0/s1. The Morgan fingerprint density at radius 1 is 1.20 bits per heavy atom. The predicted octanol–water partition coefficient (Wildman–Crippen LogP) is 4.96. The van der Waals surface area contributed by atoms with Crippen LogP contribution in [0.25, 0.3) is 0 Å². The number of carbonyl (C=O) groups excluding carboxylic acids is 2. The molecule has 0 bridgehead atoms. The normalized spacial score (nSPS) is 14.9. The molecule has 0 aromatic heterocycles. The molecule has 2 amide bonds. The van der Waals surface area contributed by atoms with E-state index in [1.54, 1.807) is 36.1 Å². The van der Waals surface area contributed by atoms with E-state index < -0.39 is 6.04 Å². The van der Waals surface area contributed by atoms with Gasteiger partial charge in [0.1, 0.15) is 11.8 Å². The predicted molar refractivity (Wildman–Crippen MR) is 121 cm³/mol. The lowest BCUT2D eigenvalue weighted by Crippen LogP contribution is -2.50. The van der Waals surface area contributed by atoms with Gasteiger partial charge < -0.3 is 15.0 Å². The molecule has 1 aliphatic rings. The number of hydrogen-bond acceptors (Lipinski definition) is 3. The summed E-state index contributed by atoms with van der Waals surface area (Å²) in [5, 5.41) is 3.69. The molecule has 1 aliphatic carbocycles. The molecule has 2 aromatic rings. The molecular weight excluding hydrogens is 468 g/mol. The zero-order chi connectivity index (χ0) is 21.5. The van der Waals surface area contributed by atoms with Gasteiger partial charge in [0.15, 0.2) is 6.61 Å². The van der Waals surface area contributed by atoms with Gasteiger partial charge in [0, 0.05) is 22.1 Å². The van der Waals surface area contributed by atoms with Crippen molar-refractivity contribution < 1.29 is 14.3 Å². The monoisotopic (exact) mass is 492 g/mol.